The van der Waals surface area contributed by atoms with E-state index in [2.05, 4.69) is 22.6 Å². The zero-order chi connectivity index (χ0) is 12.8. The van der Waals surface area contributed by atoms with Crippen LogP contribution in [0.2, 0.25) is 0 Å². The summed E-state index contributed by atoms with van der Waals surface area (Å²) in [5.41, 5.74) is 0. The van der Waals surface area contributed by atoms with Crippen LogP contribution in [0.1, 0.15) is 32.1 Å². The number of hydrogen-bond donors (Lipinski definition) is 2. The predicted octanol–water partition coefficient (Wildman–Crippen LogP) is 0.834. The van der Waals surface area contributed by atoms with Crippen molar-refractivity contribution in [1.82, 2.24) is 15.5 Å². The van der Waals surface area contributed by atoms with Gasteiger partial charge >= 0.3 is 0 Å². The van der Waals surface area contributed by atoms with Crippen molar-refractivity contribution in [3.63, 3.8) is 0 Å². The zero-order valence-corrected chi connectivity index (χ0v) is 11.6. The summed E-state index contributed by atoms with van der Waals surface area (Å²) in [6, 6.07) is 0. The van der Waals surface area contributed by atoms with Gasteiger partial charge in [0.1, 0.15) is 0 Å². The van der Waals surface area contributed by atoms with Gasteiger partial charge in [-0.1, -0.05) is 0 Å². The molecule has 2 saturated heterocycles. The number of likely N-dealkylation sites (tertiary alicyclic amines) is 1. The van der Waals surface area contributed by atoms with Crippen molar-refractivity contribution >= 4 is 5.91 Å². The smallest absolute Gasteiger partial charge is 0.224 e. The van der Waals surface area contributed by atoms with Crippen molar-refractivity contribution in [1.29, 1.82) is 0 Å². The van der Waals surface area contributed by atoms with Gasteiger partial charge in [0, 0.05) is 13.1 Å². The Morgan fingerprint density at radius 3 is 2.78 bits per heavy atom. The summed E-state index contributed by atoms with van der Waals surface area (Å²) in [6.45, 7) is 5.22. The van der Waals surface area contributed by atoms with Crippen molar-refractivity contribution < 1.29 is 4.79 Å². The highest BCUT2D eigenvalue weighted by Gasteiger charge is 2.21. The van der Waals surface area contributed by atoms with E-state index in [1.165, 1.54) is 25.9 Å². The first kappa shape index (κ1) is 13.8. The van der Waals surface area contributed by atoms with Gasteiger partial charge in [0.05, 0.1) is 5.92 Å². The number of carbonyl (C=O) groups excluding carboxylic acids is 1. The van der Waals surface area contributed by atoms with Crippen molar-refractivity contribution in [3.05, 3.63) is 0 Å². The molecule has 2 heterocycles. The molecule has 2 aliphatic heterocycles. The number of piperidine rings is 2. The summed E-state index contributed by atoms with van der Waals surface area (Å²) in [6.07, 6.45) is 5.91. The van der Waals surface area contributed by atoms with E-state index in [1.54, 1.807) is 0 Å². The summed E-state index contributed by atoms with van der Waals surface area (Å²) in [4.78, 5) is 14.3. The van der Waals surface area contributed by atoms with E-state index in [-0.39, 0.29) is 11.8 Å². The third-order valence-electron chi connectivity index (χ3n) is 4.36. The molecule has 0 aromatic rings. The summed E-state index contributed by atoms with van der Waals surface area (Å²) in [7, 11) is 2.19. The van der Waals surface area contributed by atoms with Crippen LogP contribution in [0.25, 0.3) is 0 Å². The van der Waals surface area contributed by atoms with Crippen LogP contribution in [0, 0.1) is 11.8 Å². The molecule has 2 aliphatic rings. The molecule has 18 heavy (non-hydrogen) atoms. The second kappa shape index (κ2) is 7.10. The summed E-state index contributed by atoms with van der Waals surface area (Å²) >= 11 is 0. The van der Waals surface area contributed by atoms with Crippen molar-refractivity contribution in [2.75, 3.05) is 39.8 Å². The minimum absolute atomic E-state index is 0.205. The fraction of sp³-hybridized carbons (Fsp3) is 0.929. The standard InChI is InChI=1S/C14H27N3O/c1-17-9-5-12(6-10-17)4-8-16-14(18)13-3-2-7-15-11-13/h12-13,15H,2-11H2,1H3,(H,16,18). The normalized spacial score (nSPS) is 27.1. The van der Waals surface area contributed by atoms with Crippen molar-refractivity contribution in [2.45, 2.75) is 32.1 Å². The topological polar surface area (TPSA) is 44.4 Å². The monoisotopic (exact) mass is 253 g/mol. The molecule has 1 unspecified atom stereocenters. The Labute approximate surface area is 110 Å². The summed E-state index contributed by atoms with van der Waals surface area (Å²) in [5, 5.41) is 6.41. The molecule has 0 aromatic carbocycles. The number of carbonyl (C=O) groups is 1. The first-order chi connectivity index (χ1) is 8.75. The van der Waals surface area contributed by atoms with E-state index in [1.807, 2.05) is 0 Å². The maximum Gasteiger partial charge on any atom is 0.224 e. The first-order valence-electron chi connectivity index (χ1n) is 7.42. The molecule has 0 saturated carbocycles. The average molecular weight is 253 g/mol. The number of hydrogen-bond acceptors (Lipinski definition) is 3. The van der Waals surface area contributed by atoms with Crippen LogP contribution in [-0.4, -0.2) is 50.6 Å². The van der Waals surface area contributed by atoms with Crippen LogP contribution >= 0.6 is 0 Å². The van der Waals surface area contributed by atoms with Crippen LogP contribution < -0.4 is 10.6 Å². The number of nitrogens with zero attached hydrogens (tertiary/aromatic N) is 1. The lowest BCUT2D eigenvalue weighted by Gasteiger charge is -2.29. The lowest BCUT2D eigenvalue weighted by atomic mass is 9.93. The maximum atomic E-state index is 11.9. The largest absolute Gasteiger partial charge is 0.356 e. The van der Waals surface area contributed by atoms with Crippen LogP contribution in [0.5, 0.6) is 0 Å². The summed E-state index contributed by atoms with van der Waals surface area (Å²) in [5.74, 6) is 1.28. The highest BCUT2D eigenvalue weighted by Crippen LogP contribution is 2.18. The van der Waals surface area contributed by atoms with Crippen LogP contribution in [0.15, 0.2) is 0 Å². The highest BCUT2D eigenvalue weighted by atomic mass is 16.1. The van der Waals surface area contributed by atoms with E-state index in [4.69, 9.17) is 0 Å². The van der Waals surface area contributed by atoms with Gasteiger partial charge in [0.2, 0.25) is 5.91 Å². The molecule has 2 N–H and O–H groups in total. The zero-order valence-electron chi connectivity index (χ0n) is 11.6. The van der Waals surface area contributed by atoms with Crippen LogP contribution in [0.4, 0.5) is 0 Å². The molecule has 2 fully saturated rings. The van der Waals surface area contributed by atoms with E-state index >= 15 is 0 Å². The molecular formula is C14H27N3O. The van der Waals surface area contributed by atoms with E-state index in [9.17, 15) is 4.79 Å². The van der Waals surface area contributed by atoms with E-state index < -0.39 is 0 Å². The van der Waals surface area contributed by atoms with Gasteiger partial charge in [-0.2, -0.15) is 0 Å². The molecule has 0 aliphatic carbocycles. The van der Waals surface area contributed by atoms with Crippen molar-refractivity contribution in [3.8, 4) is 0 Å². The molecule has 4 nitrogen and oxygen atoms in total. The molecule has 1 atom stereocenters. The quantitative estimate of drug-likeness (QED) is 0.780. The Balaban J connectivity index is 1.58. The molecule has 0 bridgehead atoms. The van der Waals surface area contributed by atoms with Crippen molar-refractivity contribution in [2.24, 2.45) is 11.8 Å². The number of rotatable bonds is 4. The molecular weight excluding hydrogens is 226 g/mol. The second-order valence-electron chi connectivity index (χ2n) is 5.87. The number of nitrogens with one attached hydrogen (secondary N) is 2. The third-order valence-corrected chi connectivity index (χ3v) is 4.36. The van der Waals surface area contributed by atoms with Gasteiger partial charge in [0.25, 0.3) is 0 Å². The van der Waals surface area contributed by atoms with Gasteiger partial charge in [-0.3, -0.25) is 4.79 Å². The molecule has 0 radical (unpaired) electrons. The maximum absolute atomic E-state index is 11.9. The molecule has 2 rings (SSSR count). The highest BCUT2D eigenvalue weighted by molar-refractivity contribution is 5.78. The minimum atomic E-state index is 0.205. The Morgan fingerprint density at radius 1 is 1.33 bits per heavy atom. The Hall–Kier alpha value is -0.610. The van der Waals surface area contributed by atoms with Crippen LogP contribution in [0.3, 0.4) is 0 Å². The van der Waals surface area contributed by atoms with Gasteiger partial charge in [-0.05, 0) is 64.7 Å². The Bertz CT molecular complexity index is 256. The first-order valence-corrected chi connectivity index (χ1v) is 7.42. The Kier molecular flexibility index (Phi) is 5.45. The predicted molar refractivity (Wildman–Crippen MR) is 73.4 cm³/mol. The average Bonchev–Trinajstić information content (AvgIpc) is 2.42. The molecule has 0 spiro atoms. The SMILES string of the molecule is CN1CCC(CCNC(=O)C2CCCNC2)CC1. The number of amides is 1. The third kappa shape index (κ3) is 4.25. The summed E-state index contributed by atoms with van der Waals surface area (Å²) < 4.78 is 0. The van der Waals surface area contributed by atoms with Gasteiger partial charge in [-0.25, -0.2) is 0 Å². The van der Waals surface area contributed by atoms with Crippen LogP contribution in [-0.2, 0) is 4.79 Å². The Morgan fingerprint density at radius 2 is 2.11 bits per heavy atom. The van der Waals surface area contributed by atoms with Gasteiger partial charge < -0.3 is 15.5 Å². The van der Waals surface area contributed by atoms with E-state index in [0.29, 0.717) is 0 Å². The van der Waals surface area contributed by atoms with Gasteiger partial charge in [0.15, 0.2) is 0 Å². The molecule has 1 amide bonds. The second-order valence-corrected chi connectivity index (χ2v) is 5.87. The fourth-order valence-electron chi connectivity index (χ4n) is 2.97. The molecule has 4 heteroatoms. The molecule has 0 aromatic heterocycles. The molecule has 104 valence electrons. The lowest BCUT2D eigenvalue weighted by molar-refractivity contribution is -0.125. The minimum Gasteiger partial charge on any atom is -0.356 e. The van der Waals surface area contributed by atoms with E-state index in [0.717, 1.165) is 44.8 Å². The fourth-order valence-corrected chi connectivity index (χ4v) is 2.97. The lowest BCUT2D eigenvalue weighted by Crippen LogP contribution is -2.41. The van der Waals surface area contributed by atoms with Gasteiger partial charge in [-0.15, -0.1) is 0 Å².